The van der Waals surface area contributed by atoms with Crippen molar-refractivity contribution in [1.82, 2.24) is 20.2 Å². The van der Waals surface area contributed by atoms with E-state index in [1.165, 1.54) is 0 Å². The number of thioether (sulfide) groups is 1. The molecule has 8 heteroatoms. The molecule has 3 aromatic rings. The third-order valence-electron chi connectivity index (χ3n) is 2.85. The van der Waals surface area contributed by atoms with Crippen LogP contribution in [0.15, 0.2) is 40.4 Å². The first-order chi connectivity index (χ1) is 10.1. The lowest BCUT2D eigenvalue weighted by Crippen LogP contribution is -2.14. The second-order valence-electron chi connectivity index (χ2n) is 4.24. The highest BCUT2D eigenvalue weighted by molar-refractivity contribution is 7.99. The quantitative estimate of drug-likeness (QED) is 0.629. The maximum absolute atomic E-state index is 12.1. The molecule has 0 saturated heterocycles. The second kappa shape index (κ2) is 5.41. The van der Waals surface area contributed by atoms with E-state index in [2.05, 4.69) is 20.2 Å². The number of nitrogens with zero attached hydrogens (tertiary/aromatic N) is 2. The van der Waals surface area contributed by atoms with Crippen molar-refractivity contribution in [3.05, 3.63) is 40.8 Å². The number of aliphatic carboxylic acids is 1. The molecule has 0 aliphatic heterocycles. The molecule has 0 bridgehead atoms. The SMILES string of the molecule is O=C(O)CSc1nnc(-c2c[nH]c3ccccc23)c(=O)[nH]1. The number of benzene rings is 1. The van der Waals surface area contributed by atoms with E-state index in [1.54, 1.807) is 6.20 Å². The maximum Gasteiger partial charge on any atom is 0.313 e. The summed E-state index contributed by atoms with van der Waals surface area (Å²) in [6, 6.07) is 7.55. The summed E-state index contributed by atoms with van der Waals surface area (Å²) >= 11 is 0.916. The molecule has 3 N–H and O–H groups in total. The summed E-state index contributed by atoms with van der Waals surface area (Å²) in [5, 5.41) is 17.4. The molecule has 7 nitrogen and oxygen atoms in total. The van der Waals surface area contributed by atoms with Gasteiger partial charge in [-0.3, -0.25) is 14.6 Å². The van der Waals surface area contributed by atoms with E-state index in [0.29, 0.717) is 5.56 Å². The van der Waals surface area contributed by atoms with Crippen LogP contribution >= 0.6 is 11.8 Å². The number of carboxylic acid groups (broad SMARTS) is 1. The number of rotatable bonds is 4. The van der Waals surface area contributed by atoms with Gasteiger partial charge in [0.25, 0.3) is 5.56 Å². The van der Waals surface area contributed by atoms with Gasteiger partial charge in [-0.2, -0.15) is 0 Å². The first-order valence-electron chi connectivity index (χ1n) is 6.03. The summed E-state index contributed by atoms with van der Waals surface area (Å²) in [4.78, 5) is 28.2. The van der Waals surface area contributed by atoms with Crippen LogP contribution in [0.3, 0.4) is 0 Å². The normalized spacial score (nSPS) is 10.9. The number of para-hydroxylation sites is 1. The van der Waals surface area contributed by atoms with Crippen LogP contribution in [-0.4, -0.2) is 37.0 Å². The van der Waals surface area contributed by atoms with Gasteiger partial charge in [-0.15, -0.1) is 10.2 Å². The average Bonchev–Trinajstić information content (AvgIpc) is 2.89. The number of H-pyrrole nitrogens is 2. The predicted octanol–water partition coefficient (Wildman–Crippen LogP) is 1.49. The summed E-state index contributed by atoms with van der Waals surface area (Å²) in [6.07, 6.45) is 1.70. The van der Waals surface area contributed by atoms with E-state index in [0.717, 1.165) is 22.7 Å². The Kier molecular flexibility index (Phi) is 3.44. The highest BCUT2D eigenvalue weighted by atomic mass is 32.2. The summed E-state index contributed by atoms with van der Waals surface area (Å²) < 4.78 is 0. The lowest BCUT2D eigenvalue weighted by molar-refractivity contribution is -0.133. The van der Waals surface area contributed by atoms with Gasteiger partial charge in [0, 0.05) is 22.7 Å². The number of nitrogens with one attached hydrogen (secondary N) is 2. The molecule has 0 aliphatic carbocycles. The molecule has 0 saturated carbocycles. The van der Waals surface area contributed by atoms with Gasteiger partial charge in [-0.05, 0) is 6.07 Å². The third-order valence-corrected chi connectivity index (χ3v) is 3.70. The van der Waals surface area contributed by atoms with E-state index in [1.807, 2.05) is 24.3 Å². The van der Waals surface area contributed by atoms with Gasteiger partial charge in [-0.1, -0.05) is 30.0 Å². The Labute approximate surface area is 122 Å². The van der Waals surface area contributed by atoms with Crippen molar-refractivity contribution < 1.29 is 9.90 Å². The zero-order chi connectivity index (χ0) is 14.8. The van der Waals surface area contributed by atoms with E-state index >= 15 is 0 Å². The molecule has 21 heavy (non-hydrogen) atoms. The first kappa shape index (κ1) is 13.4. The third kappa shape index (κ3) is 2.65. The molecule has 0 fully saturated rings. The highest BCUT2D eigenvalue weighted by Gasteiger charge is 2.13. The number of hydrogen-bond donors (Lipinski definition) is 3. The van der Waals surface area contributed by atoms with Gasteiger partial charge in [0.15, 0.2) is 10.9 Å². The van der Waals surface area contributed by atoms with Crippen LogP contribution in [0, 0.1) is 0 Å². The summed E-state index contributed by atoms with van der Waals surface area (Å²) in [5.74, 6) is -1.17. The molecule has 106 valence electrons. The van der Waals surface area contributed by atoms with Crippen molar-refractivity contribution in [3.8, 4) is 11.3 Å². The van der Waals surface area contributed by atoms with E-state index in [-0.39, 0.29) is 16.6 Å². The van der Waals surface area contributed by atoms with Gasteiger partial charge in [0.2, 0.25) is 0 Å². The fraction of sp³-hybridized carbons (Fsp3) is 0.0769. The van der Waals surface area contributed by atoms with Crippen molar-refractivity contribution in [2.24, 2.45) is 0 Å². The molecule has 2 heterocycles. The topological polar surface area (TPSA) is 112 Å². The van der Waals surface area contributed by atoms with Gasteiger partial charge >= 0.3 is 5.97 Å². The van der Waals surface area contributed by atoms with Crippen molar-refractivity contribution >= 4 is 28.6 Å². The number of fused-ring (bicyclic) bond motifs is 1. The monoisotopic (exact) mass is 302 g/mol. The van der Waals surface area contributed by atoms with Crippen LogP contribution in [-0.2, 0) is 4.79 Å². The zero-order valence-corrected chi connectivity index (χ0v) is 11.5. The van der Waals surface area contributed by atoms with Gasteiger partial charge in [-0.25, -0.2) is 0 Å². The molecule has 0 aliphatic rings. The van der Waals surface area contributed by atoms with Crippen LogP contribution in [0.25, 0.3) is 22.2 Å². The molecule has 0 unspecified atom stereocenters. The lowest BCUT2D eigenvalue weighted by atomic mass is 10.1. The minimum Gasteiger partial charge on any atom is -0.481 e. The van der Waals surface area contributed by atoms with Crippen molar-refractivity contribution in [1.29, 1.82) is 0 Å². The Hall–Kier alpha value is -2.61. The summed E-state index contributed by atoms with van der Waals surface area (Å²) in [6.45, 7) is 0. The Morgan fingerprint density at radius 2 is 2.10 bits per heavy atom. The minimum absolute atomic E-state index is 0.183. The molecule has 2 aromatic heterocycles. The van der Waals surface area contributed by atoms with E-state index in [9.17, 15) is 9.59 Å². The van der Waals surface area contributed by atoms with Gasteiger partial charge in [0.05, 0.1) is 5.75 Å². The fourth-order valence-electron chi connectivity index (χ4n) is 1.96. The van der Waals surface area contributed by atoms with Crippen molar-refractivity contribution in [3.63, 3.8) is 0 Å². The van der Waals surface area contributed by atoms with E-state index < -0.39 is 11.5 Å². The van der Waals surface area contributed by atoms with Crippen LogP contribution < -0.4 is 5.56 Å². The standard InChI is InChI=1S/C13H10N4O3S/c18-10(19)6-21-13-15-12(20)11(16-17-13)8-5-14-9-4-2-1-3-7(8)9/h1-5,14H,6H2,(H,18,19)(H,15,17,20). The smallest absolute Gasteiger partial charge is 0.313 e. The Morgan fingerprint density at radius 1 is 1.29 bits per heavy atom. The highest BCUT2D eigenvalue weighted by Crippen LogP contribution is 2.24. The predicted molar refractivity (Wildman–Crippen MR) is 78.3 cm³/mol. The second-order valence-corrected chi connectivity index (χ2v) is 5.20. The van der Waals surface area contributed by atoms with Crippen LogP contribution in [0.4, 0.5) is 0 Å². The number of hydrogen-bond acceptors (Lipinski definition) is 5. The van der Waals surface area contributed by atoms with Crippen molar-refractivity contribution in [2.75, 3.05) is 5.75 Å². The number of aromatic amines is 2. The molecule has 0 atom stereocenters. The molecular formula is C13H10N4O3S. The Balaban J connectivity index is 2.00. The maximum atomic E-state index is 12.1. The zero-order valence-electron chi connectivity index (χ0n) is 10.7. The Bertz CT molecular complexity index is 871. The molecular weight excluding hydrogens is 292 g/mol. The fourth-order valence-corrected chi connectivity index (χ4v) is 2.48. The molecule has 0 spiro atoms. The van der Waals surface area contributed by atoms with Crippen molar-refractivity contribution in [2.45, 2.75) is 5.16 Å². The Morgan fingerprint density at radius 3 is 2.86 bits per heavy atom. The van der Waals surface area contributed by atoms with Gasteiger partial charge < -0.3 is 10.1 Å². The van der Waals surface area contributed by atoms with Crippen LogP contribution in [0.1, 0.15) is 0 Å². The average molecular weight is 302 g/mol. The lowest BCUT2D eigenvalue weighted by Gasteiger charge is -2.00. The molecule has 0 radical (unpaired) electrons. The van der Waals surface area contributed by atoms with E-state index in [4.69, 9.17) is 5.11 Å². The number of carboxylic acids is 1. The largest absolute Gasteiger partial charge is 0.481 e. The number of aromatic nitrogens is 4. The molecule has 0 amide bonds. The molecule has 1 aromatic carbocycles. The summed E-state index contributed by atoms with van der Waals surface area (Å²) in [5.41, 5.74) is 1.36. The first-order valence-corrected chi connectivity index (χ1v) is 7.02. The van der Waals surface area contributed by atoms with Gasteiger partial charge in [0.1, 0.15) is 0 Å². The number of carbonyl (C=O) groups is 1. The minimum atomic E-state index is -0.983. The van der Waals surface area contributed by atoms with Crippen LogP contribution in [0.5, 0.6) is 0 Å². The van der Waals surface area contributed by atoms with Crippen LogP contribution in [0.2, 0.25) is 0 Å². The molecule has 3 rings (SSSR count). The summed E-state index contributed by atoms with van der Waals surface area (Å²) in [7, 11) is 0.